The molecule has 0 radical (unpaired) electrons. The lowest BCUT2D eigenvalue weighted by Crippen LogP contribution is -2.54. The van der Waals surface area contributed by atoms with Crippen molar-refractivity contribution in [3.05, 3.63) is 29.8 Å². The van der Waals surface area contributed by atoms with E-state index in [9.17, 15) is 0 Å². The molecule has 1 unspecified atom stereocenters. The Hall–Kier alpha value is -1.10. The summed E-state index contributed by atoms with van der Waals surface area (Å²) in [5, 5.41) is 3.37. The molecule has 2 fully saturated rings. The van der Waals surface area contributed by atoms with E-state index in [4.69, 9.17) is 4.74 Å². The topological polar surface area (TPSA) is 27.7 Å². The van der Waals surface area contributed by atoms with E-state index < -0.39 is 0 Å². The largest absolute Gasteiger partial charge is 0.369 e. The van der Waals surface area contributed by atoms with Crippen molar-refractivity contribution < 1.29 is 4.74 Å². The second kappa shape index (κ2) is 6.34. The highest BCUT2D eigenvalue weighted by atomic mass is 16.5. The molecule has 3 rings (SSSR count). The van der Waals surface area contributed by atoms with Gasteiger partial charge < -0.3 is 14.5 Å². The molecule has 1 aromatic rings. The van der Waals surface area contributed by atoms with E-state index in [0.29, 0.717) is 12.0 Å². The molecular formula is C17H27N3O. The third-order valence-corrected chi connectivity index (χ3v) is 4.46. The van der Waals surface area contributed by atoms with Crippen LogP contribution in [0.25, 0.3) is 0 Å². The van der Waals surface area contributed by atoms with Crippen LogP contribution in [0, 0.1) is 5.92 Å². The molecule has 2 aliphatic rings. The number of hydrogen-bond donors (Lipinski definition) is 1. The van der Waals surface area contributed by atoms with Crippen molar-refractivity contribution in [3.63, 3.8) is 0 Å². The smallest absolute Gasteiger partial charge is 0.112 e. The lowest BCUT2D eigenvalue weighted by atomic mass is 10.0. The second-order valence-corrected chi connectivity index (χ2v) is 6.67. The Labute approximate surface area is 128 Å². The van der Waals surface area contributed by atoms with E-state index in [1.165, 1.54) is 11.3 Å². The van der Waals surface area contributed by atoms with Crippen LogP contribution in [0.4, 0.5) is 5.69 Å². The molecule has 116 valence electrons. The summed E-state index contributed by atoms with van der Waals surface area (Å²) in [6.07, 6.45) is 1.76. The molecule has 4 heteroatoms. The van der Waals surface area contributed by atoms with Crippen LogP contribution in [-0.2, 0) is 11.3 Å². The van der Waals surface area contributed by atoms with Crippen LogP contribution in [0.2, 0.25) is 0 Å². The molecular weight excluding hydrogens is 262 g/mol. The van der Waals surface area contributed by atoms with Gasteiger partial charge in [-0.3, -0.25) is 5.32 Å². The van der Waals surface area contributed by atoms with Crippen molar-refractivity contribution in [2.75, 3.05) is 38.6 Å². The first-order chi connectivity index (χ1) is 10.1. The van der Waals surface area contributed by atoms with Crippen molar-refractivity contribution in [1.29, 1.82) is 0 Å². The van der Waals surface area contributed by atoms with Gasteiger partial charge in [0, 0.05) is 37.8 Å². The van der Waals surface area contributed by atoms with Gasteiger partial charge in [-0.25, -0.2) is 0 Å². The van der Waals surface area contributed by atoms with Gasteiger partial charge in [-0.1, -0.05) is 25.1 Å². The predicted octanol–water partition coefficient (Wildman–Crippen LogP) is 1.91. The summed E-state index contributed by atoms with van der Waals surface area (Å²) in [6.45, 7) is 6.43. The summed E-state index contributed by atoms with van der Waals surface area (Å²) < 4.78 is 6.17. The highest BCUT2D eigenvalue weighted by molar-refractivity contribution is 5.54. The fourth-order valence-corrected chi connectivity index (χ4v) is 3.19. The van der Waals surface area contributed by atoms with E-state index in [0.717, 1.165) is 32.6 Å². The van der Waals surface area contributed by atoms with Crippen LogP contribution in [0.5, 0.6) is 0 Å². The van der Waals surface area contributed by atoms with Crippen LogP contribution in [0.1, 0.15) is 18.9 Å². The van der Waals surface area contributed by atoms with E-state index in [1.54, 1.807) is 0 Å². The molecule has 0 amide bonds. The highest BCUT2D eigenvalue weighted by Crippen LogP contribution is 2.28. The van der Waals surface area contributed by atoms with Crippen molar-refractivity contribution in [1.82, 2.24) is 10.2 Å². The maximum Gasteiger partial charge on any atom is 0.112 e. The molecule has 0 saturated carbocycles. The molecule has 0 bridgehead atoms. The van der Waals surface area contributed by atoms with E-state index in [1.807, 2.05) is 0 Å². The quantitative estimate of drug-likeness (QED) is 0.896. The number of nitrogens with zero attached hydrogens (tertiary/aromatic N) is 2. The Balaban J connectivity index is 1.63. The Morgan fingerprint density at radius 1 is 1.33 bits per heavy atom. The lowest BCUT2D eigenvalue weighted by molar-refractivity contribution is -0.0882. The lowest BCUT2D eigenvalue weighted by Gasteiger charge is -2.37. The Bertz CT molecular complexity index is 477. The molecule has 2 heterocycles. The fourth-order valence-electron chi connectivity index (χ4n) is 3.19. The van der Waals surface area contributed by atoms with Gasteiger partial charge in [0.05, 0.1) is 6.10 Å². The number of para-hydroxylation sites is 1. The standard InChI is InChI=1S/C17H27N3O/c1-13-10-18-17(13)21-15-8-9-20(12-15)16-7-5-4-6-14(16)11-19(2)3/h4-7,13,15,17-18H,8-12H2,1-3H3/t13-,15+,17?/m0/s1. The van der Waals surface area contributed by atoms with Crippen molar-refractivity contribution in [2.45, 2.75) is 32.2 Å². The highest BCUT2D eigenvalue weighted by Gasteiger charge is 2.32. The summed E-state index contributed by atoms with van der Waals surface area (Å²) in [5.41, 5.74) is 2.77. The van der Waals surface area contributed by atoms with Crippen molar-refractivity contribution in [2.24, 2.45) is 5.92 Å². The molecule has 1 aromatic carbocycles. The van der Waals surface area contributed by atoms with Crippen LogP contribution in [0.15, 0.2) is 24.3 Å². The van der Waals surface area contributed by atoms with E-state index in [-0.39, 0.29) is 6.23 Å². The summed E-state index contributed by atoms with van der Waals surface area (Å²) >= 11 is 0. The SMILES string of the molecule is C[C@H]1CNC1O[C@@H]1CCN(c2ccccc2CN(C)C)C1. The normalized spacial score (nSPS) is 29.0. The average Bonchev–Trinajstić information content (AvgIpc) is 2.92. The molecule has 21 heavy (non-hydrogen) atoms. The number of benzene rings is 1. The predicted molar refractivity (Wildman–Crippen MR) is 86.5 cm³/mol. The third kappa shape index (κ3) is 3.39. The maximum absolute atomic E-state index is 6.17. The number of nitrogens with one attached hydrogen (secondary N) is 1. The first-order valence-electron chi connectivity index (χ1n) is 8.00. The number of rotatable bonds is 5. The van der Waals surface area contributed by atoms with Gasteiger partial charge in [0.1, 0.15) is 6.23 Å². The van der Waals surface area contributed by atoms with E-state index in [2.05, 4.69) is 60.4 Å². The minimum absolute atomic E-state index is 0.270. The number of ether oxygens (including phenoxy) is 1. The monoisotopic (exact) mass is 289 g/mol. The Morgan fingerprint density at radius 3 is 2.81 bits per heavy atom. The number of anilines is 1. The molecule has 0 aromatic heterocycles. The first kappa shape index (κ1) is 14.8. The zero-order valence-corrected chi connectivity index (χ0v) is 13.4. The molecule has 2 aliphatic heterocycles. The Morgan fingerprint density at radius 2 is 2.14 bits per heavy atom. The van der Waals surface area contributed by atoms with Gasteiger partial charge in [-0.2, -0.15) is 0 Å². The molecule has 1 N–H and O–H groups in total. The minimum Gasteiger partial charge on any atom is -0.369 e. The van der Waals surface area contributed by atoms with Gasteiger partial charge in [0.25, 0.3) is 0 Å². The van der Waals surface area contributed by atoms with Crippen LogP contribution in [0.3, 0.4) is 0 Å². The molecule has 2 saturated heterocycles. The minimum atomic E-state index is 0.270. The van der Waals surface area contributed by atoms with Crippen molar-refractivity contribution >= 4 is 5.69 Å². The second-order valence-electron chi connectivity index (χ2n) is 6.67. The first-order valence-corrected chi connectivity index (χ1v) is 8.00. The van der Waals surface area contributed by atoms with Crippen LogP contribution >= 0.6 is 0 Å². The van der Waals surface area contributed by atoms with Gasteiger partial charge >= 0.3 is 0 Å². The summed E-state index contributed by atoms with van der Waals surface area (Å²) in [7, 11) is 4.24. The maximum atomic E-state index is 6.17. The van der Waals surface area contributed by atoms with E-state index >= 15 is 0 Å². The van der Waals surface area contributed by atoms with Crippen LogP contribution in [-0.4, -0.2) is 51.0 Å². The molecule has 0 aliphatic carbocycles. The van der Waals surface area contributed by atoms with Gasteiger partial charge in [0.15, 0.2) is 0 Å². The molecule has 4 nitrogen and oxygen atoms in total. The van der Waals surface area contributed by atoms with Gasteiger partial charge in [-0.05, 0) is 32.1 Å². The summed E-state index contributed by atoms with van der Waals surface area (Å²) in [4.78, 5) is 4.70. The average molecular weight is 289 g/mol. The Kier molecular flexibility index (Phi) is 4.48. The molecule has 3 atom stereocenters. The summed E-state index contributed by atoms with van der Waals surface area (Å²) in [5.74, 6) is 0.653. The fraction of sp³-hybridized carbons (Fsp3) is 0.647. The van der Waals surface area contributed by atoms with Gasteiger partial charge in [0.2, 0.25) is 0 Å². The van der Waals surface area contributed by atoms with Crippen LogP contribution < -0.4 is 10.2 Å². The zero-order chi connectivity index (χ0) is 14.8. The third-order valence-electron chi connectivity index (χ3n) is 4.46. The van der Waals surface area contributed by atoms with Crippen molar-refractivity contribution in [3.8, 4) is 0 Å². The summed E-state index contributed by atoms with van der Waals surface area (Å²) in [6, 6.07) is 8.75. The number of hydrogen-bond acceptors (Lipinski definition) is 4. The van der Waals surface area contributed by atoms with Gasteiger partial charge in [-0.15, -0.1) is 0 Å². The molecule has 0 spiro atoms. The zero-order valence-electron chi connectivity index (χ0n) is 13.4.